The molecule has 2 amide bonds. The van der Waals surface area contributed by atoms with Crippen LogP contribution in [0.25, 0.3) is 0 Å². The van der Waals surface area contributed by atoms with Gasteiger partial charge in [-0.25, -0.2) is 4.79 Å². The van der Waals surface area contributed by atoms with Gasteiger partial charge in [0.05, 0.1) is 6.42 Å². The molecule has 2 N–H and O–H groups in total. The maximum Gasteiger partial charge on any atom is 0.317 e. The zero-order valence-electron chi connectivity index (χ0n) is 13.2. The molecule has 120 valence electrons. The van der Waals surface area contributed by atoms with Crippen molar-refractivity contribution in [1.29, 1.82) is 0 Å². The van der Waals surface area contributed by atoms with Crippen LogP contribution in [0.1, 0.15) is 58.8 Å². The zero-order chi connectivity index (χ0) is 15.4. The molecule has 1 aliphatic carbocycles. The first-order valence-electron chi connectivity index (χ1n) is 8.26. The highest BCUT2D eigenvalue weighted by molar-refractivity contribution is 5.76. The molecule has 1 heterocycles. The van der Waals surface area contributed by atoms with E-state index >= 15 is 0 Å². The summed E-state index contributed by atoms with van der Waals surface area (Å²) in [5.41, 5.74) is 0. The number of aliphatic carboxylic acids is 1. The summed E-state index contributed by atoms with van der Waals surface area (Å²) in [6.45, 7) is 5.15. The van der Waals surface area contributed by atoms with E-state index in [1.54, 1.807) is 4.90 Å². The Kier molecular flexibility index (Phi) is 5.48. The van der Waals surface area contributed by atoms with E-state index in [0.717, 1.165) is 44.4 Å². The van der Waals surface area contributed by atoms with Crippen LogP contribution < -0.4 is 5.32 Å². The normalized spacial score (nSPS) is 33.5. The summed E-state index contributed by atoms with van der Waals surface area (Å²) in [7, 11) is 0. The Morgan fingerprint density at radius 1 is 1.19 bits per heavy atom. The van der Waals surface area contributed by atoms with Gasteiger partial charge in [0.25, 0.3) is 0 Å². The minimum atomic E-state index is -0.820. The Morgan fingerprint density at radius 2 is 1.95 bits per heavy atom. The molecule has 0 aromatic heterocycles. The minimum absolute atomic E-state index is 0.0602. The van der Waals surface area contributed by atoms with Gasteiger partial charge in [-0.15, -0.1) is 0 Å². The van der Waals surface area contributed by atoms with Gasteiger partial charge in [0, 0.05) is 18.6 Å². The van der Waals surface area contributed by atoms with E-state index in [-0.39, 0.29) is 24.5 Å². The lowest BCUT2D eigenvalue weighted by atomic mass is 9.80. The van der Waals surface area contributed by atoms with Crippen LogP contribution in [0.5, 0.6) is 0 Å². The highest BCUT2D eigenvalue weighted by atomic mass is 16.4. The highest BCUT2D eigenvalue weighted by Gasteiger charge is 2.32. The standard InChI is InChI=1S/C16H28N2O3/c1-11-6-7-14(12(2)9-11)17-16(21)18-8-4-3-5-13(18)10-15(19)20/h11-14H,3-10H2,1-2H3,(H,17,21)(H,19,20). The van der Waals surface area contributed by atoms with Crippen molar-refractivity contribution in [2.45, 2.75) is 70.9 Å². The summed E-state index contributed by atoms with van der Waals surface area (Å²) in [6, 6.07) is 0.0301. The number of hydrogen-bond acceptors (Lipinski definition) is 2. The van der Waals surface area contributed by atoms with E-state index in [9.17, 15) is 9.59 Å². The average molecular weight is 296 g/mol. The molecule has 2 aliphatic rings. The van der Waals surface area contributed by atoms with Gasteiger partial charge < -0.3 is 15.3 Å². The van der Waals surface area contributed by atoms with Crippen LogP contribution in [0, 0.1) is 11.8 Å². The van der Waals surface area contributed by atoms with Gasteiger partial charge in [-0.2, -0.15) is 0 Å². The van der Waals surface area contributed by atoms with Gasteiger partial charge in [-0.05, 0) is 50.4 Å². The summed E-state index contributed by atoms with van der Waals surface area (Å²) >= 11 is 0. The number of urea groups is 1. The number of piperidine rings is 1. The largest absolute Gasteiger partial charge is 0.481 e. The van der Waals surface area contributed by atoms with Gasteiger partial charge >= 0.3 is 12.0 Å². The van der Waals surface area contributed by atoms with Crippen molar-refractivity contribution >= 4 is 12.0 Å². The van der Waals surface area contributed by atoms with Crippen LogP contribution in [0.2, 0.25) is 0 Å². The summed E-state index contributed by atoms with van der Waals surface area (Å²) in [5, 5.41) is 12.2. The maximum atomic E-state index is 12.5. The lowest BCUT2D eigenvalue weighted by Gasteiger charge is -2.38. The van der Waals surface area contributed by atoms with Crippen molar-refractivity contribution in [1.82, 2.24) is 10.2 Å². The molecular formula is C16H28N2O3. The van der Waals surface area contributed by atoms with Crippen LogP contribution in [0.15, 0.2) is 0 Å². The van der Waals surface area contributed by atoms with E-state index in [0.29, 0.717) is 12.5 Å². The predicted octanol–water partition coefficient (Wildman–Crippen LogP) is 2.85. The van der Waals surface area contributed by atoms with Crippen LogP contribution in [-0.4, -0.2) is 40.6 Å². The maximum absolute atomic E-state index is 12.5. The number of nitrogens with one attached hydrogen (secondary N) is 1. The second-order valence-corrected chi connectivity index (χ2v) is 6.89. The Hall–Kier alpha value is -1.26. The zero-order valence-corrected chi connectivity index (χ0v) is 13.2. The molecule has 1 aliphatic heterocycles. The quantitative estimate of drug-likeness (QED) is 0.841. The molecule has 5 heteroatoms. The number of nitrogens with zero attached hydrogens (tertiary/aromatic N) is 1. The van der Waals surface area contributed by atoms with Crippen molar-refractivity contribution in [3.8, 4) is 0 Å². The number of carbonyl (C=O) groups excluding carboxylic acids is 1. The number of carbonyl (C=O) groups is 2. The summed E-state index contributed by atoms with van der Waals surface area (Å²) in [4.78, 5) is 25.2. The Morgan fingerprint density at radius 3 is 2.62 bits per heavy atom. The average Bonchev–Trinajstić information content (AvgIpc) is 2.42. The first kappa shape index (κ1) is 16.1. The number of rotatable bonds is 3. The molecule has 0 aromatic rings. The van der Waals surface area contributed by atoms with E-state index in [1.807, 2.05) is 0 Å². The molecule has 0 aromatic carbocycles. The minimum Gasteiger partial charge on any atom is -0.481 e. The van der Waals surface area contributed by atoms with Gasteiger partial charge in [0.15, 0.2) is 0 Å². The molecular weight excluding hydrogens is 268 g/mol. The number of carboxylic acid groups (broad SMARTS) is 1. The summed E-state index contributed by atoms with van der Waals surface area (Å²) in [5.74, 6) is 0.419. The van der Waals surface area contributed by atoms with Gasteiger partial charge in [0.1, 0.15) is 0 Å². The molecule has 21 heavy (non-hydrogen) atoms. The molecule has 2 fully saturated rings. The van der Waals surface area contributed by atoms with E-state index in [1.165, 1.54) is 0 Å². The third kappa shape index (κ3) is 4.35. The molecule has 0 radical (unpaired) electrons. The third-order valence-electron chi connectivity index (χ3n) is 5.04. The first-order valence-corrected chi connectivity index (χ1v) is 8.26. The fourth-order valence-corrected chi connectivity index (χ4v) is 3.80. The SMILES string of the molecule is CC1CCC(NC(=O)N2CCCCC2CC(=O)O)C(C)C1. The molecule has 4 atom stereocenters. The smallest absolute Gasteiger partial charge is 0.317 e. The van der Waals surface area contributed by atoms with Gasteiger partial charge in [-0.1, -0.05) is 13.8 Å². The second-order valence-electron chi connectivity index (χ2n) is 6.89. The van der Waals surface area contributed by atoms with Crippen molar-refractivity contribution in [2.75, 3.05) is 6.54 Å². The number of amides is 2. The third-order valence-corrected chi connectivity index (χ3v) is 5.04. The van der Waals surface area contributed by atoms with E-state index in [2.05, 4.69) is 19.2 Å². The Bertz CT molecular complexity index is 386. The van der Waals surface area contributed by atoms with Crippen LogP contribution in [-0.2, 0) is 4.79 Å². The van der Waals surface area contributed by atoms with Crippen molar-refractivity contribution in [3.05, 3.63) is 0 Å². The lowest BCUT2D eigenvalue weighted by molar-refractivity contribution is -0.138. The molecule has 0 bridgehead atoms. The molecule has 4 unspecified atom stereocenters. The monoisotopic (exact) mass is 296 g/mol. The first-order chi connectivity index (χ1) is 9.97. The second kappa shape index (κ2) is 7.14. The fourth-order valence-electron chi connectivity index (χ4n) is 3.80. The van der Waals surface area contributed by atoms with Crippen molar-refractivity contribution in [2.24, 2.45) is 11.8 Å². The van der Waals surface area contributed by atoms with Crippen LogP contribution in [0.3, 0.4) is 0 Å². The number of hydrogen-bond donors (Lipinski definition) is 2. The van der Waals surface area contributed by atoms with Crippen LogP contribution in [0.4, 0.5) is 4.79 Å². The van der Waals surface area contributed by atoms with Crippen LogP contribution >= 0.6 is 0 Å². The van der Waals surface area contributed by atoms with Crippen molar-refractivity contribution in [3.63, 3.8) is 0 Å². The fraction of sp³-hybridized carbons (Fsp3) is 0.875. The van der Waals surface area contributed by atoms with E-state index in [4.69, 9.17) is 5.11 Å². The lowest BCUT2D eigenvalue weighted by Crippen LogP contribution is -2.53. The molecule has 1 saturated heterocycles. The number of likely N-dealkylation sites (tertiary alicyclic amines) is 1. The van der Waals surface area contributed by atoms with E-state index < -0.39 is 5.97 Å². The number of carboxylic acids is 1. The molecule has 0 spiro atoms. The van der Waals surface area contributed by atoms with Gasteiger partial charge in [0.2, 0.25) is 0 Å². The highest BCUT2D eigenvalue weighted by Crippen LogP contribution is 2.29. The molecule has 1 saturated carbocycles. The molecule has 5 nitrogen and oxygen atoms in total. The Balaban J connectivity index is 1.92. The predicted molar refractivity (Wildman–Crippen MR) is 81.1 cm³/mol. The molecule has 2 rings (SSSR count). The summed E-state index contributed by atoms with van der Waals surface area (Å²) < 4.78 is 0. The van der Waals surface area contributed by atoms with Gasteiger partial charge in [-0.3, -0.25) is 4.79 Å². The Labute approximate surface area is 127 Å². The topological polar surface area (TPSA) is 69.6 Å². The van der Waals surface area contributed by atoms with Crippen molar-refractivity contribution < 1.29 is 14.7 Å². The summed E-state index contributed by atoms with van der Waals surface area (Å²) in [6.07, 6.45) is 6.20.